The third-order valence-electron chi connectivity index (χ3n) is 1.60. The van der Waals surface area contributed by atoms with E-state index in [1.54, 1.807) is 39.3 Å². The fraction of sp³-hybridized carbons (Fsp3) is 0.333. The van der Waals surface area contributed by atoms with Gasteiger partial charge in [0.05, 0.1) is 0 Å². The number of carbonyl (C=O) groups is 1. The van der Waals surface area contributed by atoms with Crippen molar-refractivity contribution in [2.24, 2.45) is 0 Å². The first kappa shape index (κ1) is 18.9. The van der Waals surface area contributed by atoms with Gasteiger partial charge >= 0.3 is 37.7 Å². The normalized spacial score (nSPS) is 13.6. The zero-order valence-electron chi connectivity index (χ0n) is 11.3. The van der Waals surface area contributed by atoms with Crippen LogP contribution in [0.1, 0.15) is 20.8 Å². The third-order valence-corrected chi connectivity index (χ3v) is 1.60. The average Bonchev–Trinajstić information content (AvgIpc) is 2.05. The molecule has 0 N–H and O–H groups in total. The molecule has 0 heterocycles. The van der Waals surface area contributed by atoms with Crippen LogP contribution in [0.2, 0.25) is 0 Å². The van der Waals surface area contributed by atoms with Crippen LogP contribution in [-0.4, -0.2) is 11.7 Å². The van der Waals surface area contributed by atoms with Crippen LogP contribution in [0, 0.1) is 6.42 Å². The van der Waals surface area contributed by atoms with Gasteiger partial charge in [-0.05, 0) is 20.8 Å². The molecule has 0 fully saturated rings. The Bertz CT molecular complexity index is 341. The summed E-state index contributed by atoms with van der Waals surface area (Å²) in [7, 11) is 0. The van der Waals surface area contributed by atoms with Gasteiger partial charge in [0.1, 0.15) is 5.60 Å². The Hall–Kier alpha value is -0.445. The molecule has 17 heavy (non-hydrogen) atoms. The first-order valence-corrected chi connectivity index (χ1v) is 4.74. The molecular formula is C12H15Li2NO2. The number of allylic oxidation sites excluding steroid dienone is 4. The molecule has 0 saturated carbocycles. The van der Waals surface area contributed by atoms with E-state index in [0.29, 0.717) is 11.3 Å². The summed E-state index contributed by atoms with van der Waals surface area (Å²) < 4.78 is 5.06. The maximum absolute atomic E-state index is 11.4. The Morgan fingerprint density at radius 1 is 1.41 bits per heavy atom. The standard InChI is InChI=1S/C12H16NO2.2Li/c1-9-7-5-6-8-10(9)13-11(14)15-12(2,3)4;;/h5-8H,1H2,2-4H3,(H,13,14);;/q-1;2*+1/p-1. The zero-order valence-corrected chi connectivity index (χ0v) is 11.3. The monoisotopic (exact) mass is 219 g/mol. The number of carbonyl (C=O) groups excluding carboxylic acids is 1. The predicted molar refractivity (Wildman–Crippen MR) is 60.3 cm³/mol. The smallest absolute Gasteiger partial charge is 0.635 e. The molecule has 0 atom stereocenters. The molecule has 0 aromatic heterocycles. The Morgan fingerprint density at radius 2 is 2.00 bits per heavy atom. The van der Waals surface area contributed by atoms with E-state index < -0.39 is 11.7 Å². The zero-order chi connectivity index (χ0) is 11.5. The van der Waals surface area contributed by atoms with Crippen LogP contribution in [0.3, 0.4) is 0 Å². The maximum Gasteiger partial charge on any atom is 1.00 e. The number of ether oxygens (including phenoxy) is 1. The first-order valence-electron chi connectivity index (χ1n) is 4.74. The molecule has 1 aliphatic carbocycles. The van der Waals surface area contributed by atoms with Crippen LogP contribution < -0.4 is 37.7 Å². The van der Waals surface area contributed by atoms with Crippen molar-refractivity contribution in [2.45, 2.75) is 26.4 Å². The summed E-state index contributed by atoms with van der Waals surface area (Å²) in [6.07, 6.45) is 6.59. The topological polar surface area (TPSA) is 40.4 Å². The van der Waals surface area contributed by atoms with Gasteiger partial charge in [-0.3, -0.25) is 4.79 Å². The minimum Gasteiger partial charge on any atom is -0.635 e. The number of hydrogen-bond acceptors (Lipinski definition) is 2. The Balaban J connectivity index is 0. The summed E-state index contributed by atoms with van der Waals surface area (Å²) in [4.78, 5) is 11.4. The molecule has 1 amide bonds. The van der Waals surface area contributed by atoms with E-state index in [0.717, 1.165) is 0 Å². The molecule has 0 unspecified atom stereocenters. The Morgan fingerprint density at radius 3 is 2.47 bits per heavy atom. The molecule has 0 saturated heterocycles. The first-order chi connectivity index (χ1) is 6.88. The molecule has 0 radical (unpaired) electrons. The van der Waals surface area contributed by atoms with Crippen molar-refractivity contribution in [2.75, 3.05) is 0 Å². The minimum absolute atomic E-state index is 0. The molecule has 0 aliphatic heterocycles. The summed E-state index contributed by atoms with van der Waals surface area (Å²) in [5.74, 6) is 0. The second kappa shape index (κ2) is 7.80. The van der Waals surface area contributed by atoms with Gasteiger partial charge < -0.3 is 10.1 Å². The summed E-state index contributed by atoms with van der Waals surface area (Å²) in [6.45, 7) is 9.17. The van der Waals surface area contributed by atoms with Crippen LogP contribution in [0.4, 0.5) is 4.79 Å². The maximum atomic E-state index is 11.4. The molecule has 82 valence electrons. The minimum atomic E-state index is -0.585. The van der Waals surface area contributed by atoms with Crippen LogP contribution in [0.15, 0.2) is 36.1 Å². The van der Waals surface area contributed by atoms with Crippen molar-refractivity contribution in [3.63, 3.8) is 0 Å². The number of rotatable bonds is 1. The van der Waals surface area contributed by atoms with E-state index in [1.165, 1.54) is 0 Å². The van der Waals surface area contributed by atoms with Crippen LogP contribution in [-0.2, 0) is 4.74 Å². The molecule has 0 bridgehead atoms. The van der Waals surface area contributed by atoms with Gasteiger partial charge in [0, 0.05) is 0 Å². The molecule has 0 spiro atoms. The quantitative estimate of drug-likeness (QED) is 0.362. The van der Waals surface area contributed by atoms with Crippen molar-refractivity contribution >= 4 is 6.09 Å². The van der Waals surface area contributed by atoms with Gasteiger partial charge in [0.2, 0.25) is 6.09 Å². The summed E-state index contributed by atoms with van der Waals surface area (Å²) in [6, 6.07) is 0. The molecule has 0 aromatic carbocycles. The number of nitrogens with zero attached hydrogens (tertiary/aromatic N) is 1. The average molecular weight is 219 g/mol. The van der Waals surface area contributed by atoms with Crippen molar-refractivity contribution < 1.29 is 47.3 Å². The Kier molecular flexibility index (Phi) is 8.67. The summed E-state index contributed by atoms with van der Waals surface area (Å²) in [5.41, 5.74) is 0.742. The van der Waals surface area contributed by atoms with E-state index >= 15 is 0 Å². The van der Waals surface area contributed by atoms with Crippen LogP contribution >= 0.6 is 0 Å². The molecular weight excluding hydrogens is 204 g/mol. The van der Waals surface area contributed by atoms with Crippen LogP contribution in [0.25, 0.3) is 5.32 Å². The van der Waals surface area contributed by atoms with Crippen molar-refractivity contribution in [3.05, 3.63) is 47.8 Å². The van der Waals surface area contributed by atoms with E-state index in [1.807, 2.05) is 6.08 Å². The van der Waals surface area contributed by atoms with Gasteiger partial charge in [0.25, 0.3) is 0 Å². The largest absolute Gasteiger partial charge is 1.00 e. The fourth-order valence-corrected chi connectivity index (χ4v) is 1.00. The summed E-state index contributed by atoms with van der Waals surface area (Å²) in [5, 5.41) is 3.82. The number of hydrogen-bond donors (Lipinski definition) is 0. The number of amides is 1. The summed E-state index contributed by atoms with van der Waals surface area (Å²) >= 11 is 0. The molecule has 0 aromatic rings. The SMILES string of the molecule is C=C1[CH-]C=CC=C1[N-]C(=O)OC(C)(C)C.[Li+].[Li+]. The third kappa shape index (κ3) is 7.47. The fourth-order valence-electron chi connectivity index (χ4n) is 1.00. The Labute approximate surface area is 127 Å². The van der Waals surface area contributed by atoms with E-state index in [9.17, 15) is 4.79 Å². The van der Waals surface area contributed by atoms with Gasteiger partial charge in [0.15, 0.2) is 0 Å². The van der Waals surface area contributed by atoms with Crippen molar-refractivity contribution in [1.82, 2.24) is 0 Å². The second-order valence-electron chi connectivity index (χ2n) is 4.22. The van der Waals surface area contributed by atoms with Crippen molar-refractivity contribution in [1.29, 1.82) is 0 Å². The molecule has 1 rings (SSSR count). The van der Waals surface area contributed by atoms with E-state index in [2.05, 4.69) is 11.9 Å². The molecule has 5 heteroatoms. The van der Waals surface area contributed by atoms with Gasteiger partial charge in [-0.15, -0.1) is 18.6 Å². The van der Waals surface area contributed by atoms with E-state index in [4.69, 9.17) is 4.74 Å². The molecule has 3 nitrogen and oxygen atoms in total. The predicted octanol–water partition coefficient (Wildman–Crippen LogP) is -2.48. The van der Waals surface area contributed by atoms with E-state index in [-0.39, 0.29) is 37.7 Å². The van der Waals surface area contributed by atoms with Gasteiger partial charge in [-0.25, -0.2) is 5.70 Å². The van der Waals surface area contributed by atoms with Crippen molar-refractivity contribution in [3.8, 4) is 0 Å². The second-order valence-corrected chi connectivity index (χ2v) is 4.22. The van der Waals surface area contributed by atoms with Crippen LogP contribution in [0.5, 0.6) is 0 Å². The van der Waals surface area contributed by atoms with Gasteiger partial charge in [-0.2, -0.15) is 18.2 Å². The molecule has 1 aliphatic rings. The van der Waals surface area contributed by atoms with Gasteiger partial charge in [-0.1, -0.05) is 0 Å².